The molecule has 2 heteroatoms. The normalized spacial score (nSPS) is 11.9. The van der Waals surface area contributed by atoms with E-state index in [0.29, 0.717) is 0 Å². The van der Waals surface area contributed by atoms with Crippen molar-refractivity contribution in [3.05, 3.63) is 121 Å². The average Bonchev–Trinajstić information content (AvgIpc) is 3.51. The monoisotopic (exact) mass is 475 g/mol. The highest BCUT2D eigenvalue weighted by molar-refractivity contribution is 6.20. The number of para-hydroxylation sites is 1. The molecule has 1 N–H and O–H groups in total. The number of rotatable bonds is 4. The van der Waals surface area contributed by atoms with Crippen molar-refractivity contribution in [1.82, 2.24) is 4.98 Å². The molecule has 7 rings (SSSR count). The van der Waals surface area contributed by atoms with Gasteiger partial charge < -0.3 is 9.40 Å². The molecule has 2 heterocycles. The number of aromatic nitrogens is 1. The third-order valence-corrected chi connectivity index (χ3v) is 7.30. The number of aromatic amines is 1. The molecule has 176 valence electrons. The number of allylic oxidation sites excluding steroid dienone is 1. The minimum absolute atomic E-state index is 0.800. The van der Waals surface area contributed by atoms with E-state index in [4.69, 9.17) is 4.42 Å². The summed E-state index contributed by atoms with van der Waals surface area (Å²) < 4.78 is 6.29. The van der Waals surface area contributed by atoms with Crippen LogP contribution < -0.4 is 0 Å². The Morgan fingerprint density at radius 2 is 1.49 bits per heavy atom. The summed E-state index contributed by atoms with van der Waals surface area (Å²) >= 11 is 0. The topological polar surface area (TPSA) is 28.9 Å². The smallest absolute Gasteiger partial charge is 0.143 e. The first-order valence-electron chi connectivity index (χ1n) is 12.6. The molecule has 37 heavy (non-hydrogen) atoms. The fourth-order valence-corrected chi connectivity index (χ4v) is 5.59. The summed E-state index contributed by atoms with van der Waals surface area (Å²) in [6.07, 6.45) is 5.91. The third kappa shape index (κ3) is 3.34. The van der Waals surface area contributed by atoms with E-state index in [1.165, 1.54) is 38.2 Å². The largest absolute Gasteiger partial charge is 0.455 e. The van der Waals surface area contributed by atoms with Gasteiger partial charge in [0.15, 0.2) is 0 Å². The van der Waals surface area contributed by atoms with Crippen LogP contribution in [0.15, 0.2) is 114 Å². The van der Waals surface area contributed by atoms with Crippen LogP contribution in [0.4, 0.5) is 0 Å². The number of fused-ring (bicyclic) bond motifs is 6. The maximum atomic E-state index is 6.29. The molecule has 0 saturated heterocycles. The summed E-state index contributed by atoms with van der Waals surface area (Å²) in [5, 5.41) is 6.15. The molecule has 0 fully saturated rings. The molecule has 0 bridgehead atoms. The summed E-state index contributed by atoms with van der Waals surface area (Å²) in [6.45, 7) is 5.98. The Morgan fingerprint density at radius 1 is 0.703 bits per heavy atom. The fourth-order valence-electron chi connectivity index (χ4n) is 5.59. The molecular formula is C35H25NO. The van der Waals surface area contributed by atoms with Crippen LogP contribution in [0, 0.1) is 0 Å². The van der Waals surface area contributed by atoms with Gasteiger partial charge in [-0.15, -0.1) is 0 Å². The van der Waals surface area contributed by atoms with Crippen molar-refractivity contribution in [3.8, 4) is 22.3 Å². The molecule has 7 aromatic rings. The van der Waals surface area contributed by atoms with Gasteiger partial charge in [-0.1, -0.05) is 91.5 Å². The number of furan rings is 1. The van der Waals surface area contributed by atoms with Gasteiger partial charge in [-0.05, 0) is 64.7 Å². The van der Waals surface area contributed by atoms with Crippen LogP contribution in [0.3, 0.4) is 0 Å². The van der Waals surface area contributed by atoms with Gasteiger partial charge in [-0.3, -0.25) is 0 Å². The summed E-state index contributed by atoms with van der Waals surface area (Å²) in [4.78, 5) is 3.60. The number of nitrogens with one attached hydrogen (secondary N) is 1. The van der Waals surface area contributed by atoms with Crippen LogP contribution in [0.5, 0.6) is 0 Å². The van der Waals surface area contributed by atoms with Gasteiger partial charge in [-0.2, -0.15) is 0 Å². The Morgan fingerprint density at radius 3 is 2.38 bits per heavy atom. The van der Waals surface area contributed by atoms with E-state index in [0.717, 1.165) is 38.9 Å². The average molecular weight is 476 g/mol. The summed E-state index contributed by atoms with van der Waals surface area (Å²) in [7, 11) is 0. The van der Waals surface area contributed by atoms with Crippen LogP contribution in [0.25, 0.3) is 78.0 Å². The second-order valence-corrected chi connectivity index (χ2v) is 9.44. The van der Waals surface area contributed by atoms with Crippen molar-refractivity contribution < 1.29 is 4.42 Å². The van der Waals surface area contributed by atoms with Crippen LogP contribution in [-0.2, 0) is 0 Å². The van der Waals surface area contributed by atoms with Crippen molar-refractivity contribution in [2.24, 2.45) is 0 Å². The number of benzene rings is 5. The predicted molar refractivity (Wildman–Crippen MR) is 159 cm³/mol. The van der Waals surface area contributed by atoms with E-state index in [1.807, 2.05) is 13.0 Å². The molecule has 0 unspecified atom stereocenters. The minimum Gasteiger partial charge on any atom is -0.455 e. The second kappa shape index (κ2) is 8.39. The van der Waals surface area contributed by atoms with E-state index >= 15 is 0 Å². The lowest BCUT2D eigenvalue weighted by atomic mass is 9.96. The quantitative estimate of drug-likeness (QED) is 0.269. The molecule has 0 saturated carbocycles. The lowest BCUT2D eigenvalue weighted by molar-refractivity contribution is 0.604. The summed E-state index contributed by atoms with van der Waals surface area (Å²) in [6, 6.07) is 34.7. The standard InChI is InChI=1S/C35H25NO/c1-3-9-28-29-15-8-14-27(35(29)37-33(28)4-2)25-12-7-11-23(20-25)24-17-18-31-30(21-24)34-26-13-6-5-10-22(26)16-19-32(34)36-31/h3-21,36H,2H2,1H3/b9-3-. The third-order valence-electron chi connectivity index (χ3n) is 7.30. The van der Waals surface area contributed by atoms with Gasteiger partial charge in [-0.25, -0.2) is 0 Å². The van der Waals surface area contributed by atoms with Crippen LogP contribution >= 0.6 is 0 Å². The van der Waals surface area contributed by atoms with Crippen LogP contribution in [0.1, 0.15) is 18.2 Å². The van der Waals surface area contributed by atoms with E-state index in [1.54, 1.807) is 6.08 Å². The second-order valence-electron chi connectivity index (χ2n) is 9.44. The maximum Gasteiger partial charge on any atom is 0.143 e. The highest BCUT2D eigenvalue weighted by Gasteiger charge is 2.15. The zero-order valence-electron chi connectivity index (χ0n) is 20.6. The van der Waals surface area contributed by atoms with Gasteiger partial charge in [0, 0.05) is 38.3 Å². The predicted octanol–water partition coefficient (Wildman–Crippen LogP) is 10.2. The molecule has 0 amide bonds. The van der Waals surface area contributed by atoms with Gasteiger partial charge >= 0.3 is 0 Å². The van der Waals surface area contributed by atoms with E-state index in [2.05, 4.69) is 115 Å². The van der Waals surface area contributed by atoms with E-state index in [9.17, 15) is 0 Å². The van der Waals surface area contributed by atoms with Crippen molar-refractivity contribution in [2.75, 3.05) is 0 Å². The fraction of sp³-hybridized carbons (Fsp3) is 0.0286. The van der Waals surface area contributed by atoms with Gasteiger partial charge in [0.25, 0.3) is 0 Å². The van der Waals surface area contributed by atoms with E-state index < -0.39 is 0 Å². The summed E-state index contributed by atoms with van der Waals surface area (Å²) in [5.74, 6) is 0.800. The Labute approximate surface area is 215 Å². The first kappa shape index (κ1) is 21.5. The Balaban J connectivity index is 1.41. The highest BCUT2D eigenvalue weighted by atomic mass is 16.3. The molecule has 2 aromatic heterocycles. The Bertz CT molecular complexity index is 2010. The first-order chi connectivity index (χ1) is 18.2. The molecule has 0 aliphatic carbocycles. The highest BCUT2D eigenvalue weighted by Crippen LogP contribution is 2.38. The Hall–Kier alpha value is -4.82. The minimum atomic E-state index is 0.800. The molecule has 2 nitrogen and oxygen atoms in total. The molecule has 0 radical (unpaired) electrons. The van der Waals surface area contributed by atoms with Gasteiger partial charge in [0.1, 0.15) is 11.3 Å². The number of H-pyrrole nitrogens is 1. The lowest BCUT2D eigenvalue weighted by Gasteiger charge is -2.08. The Kier molecular flexibility index (Phi) is 4.87. The van der Waals surface area contributed by atoms with Crippen LogP contribution in [0.2, 0.25) is 0 Å². The zero-order valence-corrected chi connectivity index (χ0v) is 20.6. The molecule has 5 aromatic carbocycles. The molecule has 0 spiro atoms. The van der Waals surface area contributed by atoms with Crippen molar-refractivity contribution in [2.45, 2.75) is 6.92 Å². The SMILES string of the molecule is C=Cc1oc2c(-c3cccc(-c4ccc5[nH]c6ccc7ccccc7c6c5c4)c3)cccc2c1/C=C\C. The lowest BCUT2D eigenvalue weighted by Crippen LogP contribution is -1.83. The molecule has 0 aliphatic rings. The molecular weight excluding hydrogens is 450 g/mol. The van der Waals surface area contributed by atoms with Crippen molar-refractivity contribution in [1.29, 1.82) is 0 Å². The van der Waals surface area contributed by atoms with Gasteiger partial charge in [0.2, 0.25) is 0 Å². The zero-order chi connectivity index (χ0) is 24.9. The van der Waals surface area contributed by atoms with Crippen LogP contribution in [-0.4, -0.2) is 4.98 Å². The van der Waals surface area contributed by atoms with Crippen molar-refractivity contribution >= 4 is 55.7 Å². The molecule has 0 aliphatic heterocycles. The first-order valence-corrected chi connectivity index (χ1v) is 12.6. The van der Waals surface area contributed by atoms with E-state index in [-0.39, 0.29) is 0 Å². The van der Waals surface area contributed by atoms with Crippen molar-refractivity contribution in [3.63, 3.8) is 0 Å². The maximum absolute atomic E-state index is 6.29. The number of hydrogen-bond donors (Lipinski definition) is 1. The number of hydrogen-bond acceptors (Lipinski definition) is 1. The molecule has 0 atom stereocenters. The van der Waals surface area contributed by atoms with Gasteiger partial charge in [0.05, 0.1) is 0 Å². The summed E-state index contributed by atoms with van der Waals surface area (Å²) in [5.41, 5.74) is 8.86.